The molecule has 1 saturated heterocycles. The van der Waals surface area contributed by atoms with Crippen LogP contribution in [0.4, 0.5) is 0 Å². The largest absolute Gasteiger partial charge is 0.379 e. The van der Waals surface area contributed by atoms with E-state index < -0.39 is 0 Å². The van der Waals surface area contributed by atoms with Crippen LogP contribution >= 0.6 is 23.2 Å². The van der Waals surface area contributed by atoms with Crippen molar-refractivity contribution in [2.24, 2.45) is 12.0 Å². The number of nitrogens with one attached hydrogen (secondary N) is 2. The zero-order valence-electron chi connectivity index (χ0n) is 14.4. The molecule has 0 unspecified atom stereocenters. The minimum absolute atomic E-state index is 0.530. The van der Waals surface area contributed by atoms with Crippen molar-refractivity contribution in [3.05, 3.63) is 21.9 Å². The molecule has 1 aromatic heterocycles. The number of nitrogens with zero attached hydrogens (tertiary/aromatic N) is 3. The number of hydrogen-bond donors (Lipinski definition) is 2. The number of aliphatic imine (C=N–C) groups is 1. The van der Waals surface area contributed by atoms with E-state index >= 15 is 0 Å². The lowest BCUT2D eigenvalue weighted by atomic mass is 10.3. The second-order valence-electron chi connectivity index (χ2n) is 5.76. The zero-order valence-corrected chi connectivity index (χ0v) is 16.0. The van der Waals surface area contributed by atoms with Crippen LogP contribution in [-0.4, -0.2) is 61.4 Å². The summed E-state index contributed by atoms with van der Waals surface area (Å²) in [5.74, 6) is 0.813. The normalized spacial score (nSPS) is 16.4. The number of ether oxygens (including phenoxy) is 1. The molecule has 0 radical (unpaired) electrons. The SMILES string of the molecule is CCNC(=NCc1cc(Cl)c(Cl)n1C)NCCCN1CCOCC1. The van der Waals surface area contributed by atoms with Crippen LogP contribution in [-0.2, 0) is 18.3 Å². The molecule has 0 saturated carbocycles. The van der Waals surface area contributed by atoms with Crippen molar-refractivity contribution < 1.29 is 4.74 Å². The first-order valence-electron chi connectivity index (χ1n) is 8.43. The lowest BCUT2D eigenvalue weighted by Gasteiger charge is -2.26. The second kappa shape index (κ2) is 10.1. The number of halogens is 2. The van der Waals surface area contributed by atoms with Gasteiger partial charge in [0.2, 0.25) is 0 Å². The minimum Gasteiger partial charge on any atom is -0.379 e. The van der Waals surface area contributed by atoms with Crippen LogP contribution in [0.2, 0.25) is 10.2 Å². The first-order valence-corrected chi connectivity index (χ1v) is 9.19. The van der Waals surface area contributed by atoms with Gasteiger partial charge in [-0.1, -0.05) is 23.2 Å². The molecule has 1 aliphatic rings. The van der Waals surface area contributed by atoms with E-state index in [1.54, 1.807) is 0 Å². The molecule has 0 aliphatic carbocycles. The maximum absolute atomic E-state index is 6.09. The standard InChI is InChI=1S/C16H27Cl2N5O/c1-3-19-16(20-5-4-6-23-7-9-24-10-8-23)21-12-13-11-14(17)15(18)22(13)2/h11H,3-10,12H2,1-2H3,(H2,19,20,21). The molecular formula is C16H27Cl2N5O. The Labute approximate surface area is 154 Å². The lowest BCUT2D eigenvalue weighted by molar-refractivity contribution is 0.0376. The molecule has 1 fully saturated rings. The van der Waals surface area contributed by atoms with Crippen molar-refractivity contribution in [3.63, 3.8) is 0 Å². The fraction of sp³-hybridized carbons (Fsp3) is 0.688. The van der Waals surface area contributed by atoms with Gasteiger partial charge in [0.05, 0.1) is 24.8 Å². The van der Waals surface area contributed by atoms with Crippen LogP contribution < -0.4 is 10.6 Å². The Bertz CT molecular complexity index is 541. The van der Waals surface area contributed by atoms with Gasteiger partial charge >= 0.3 is 0 Å². The Hall–Kier alpha value is -0.950. The molecule has 136 valence electrons. The Morgan fingerprint density at radius 1 is 1.29 bits per heavy atom. The van der Waals surface area contributed by atoms with E-state index in [0.717, 1.165) is 64.0 Å². The maximum Gasteiger partial charge on any atom is 0.191 e. The Balaban J connectivity index is 1.78. The molecule has 0 aromatic carbocycles. The van der Waals surface area contributed by atoms with Gasteiger partial charge in [-0.25, -0.2) is 4.99 Å². The molecule has 8 heteroatoms. The third kappa shape index (κ3) is 5.84. The van der Waals surface area contributed by atoms with E-state index in [4.69, 9.17) is 27.9 Å². The monoisotopic (exact) mass is 375 g/mol. The van der Waals surface area contributed by atoms with E-state index in [2.05, 4.69) is 27.4 Å². The Morgan fingerprint density at radius 3 is 2.67 bits per heavy atom. The summed E-state index contributed by atoms with van der Waals surface area (Å²) in [5.41, 5.74) is 0.982. The minimum atomic E-state index is 0.530. The third-order valence-electron chi connectivity index (χ3n) is 4.01. The fourth-order valence-corrected chi connectivity index (χ4v) is 2.99. The summed E-state index contributed by atoms with van der Waals surface area (Å²) in [6.45, 7) is 9.13. The predicted octanol–water partition coefficient (Wildman–Crippen LogP) is 2.11. The van der Waals surface area contributed by atoms with Crippen LogP contribution in [0.15, 0.2) is 11.1 Å². The quantitative estimate of drug-likeness (QED) is 0.435. The Morgan fingerprint density at radius 2 is 2.04 bits per heavy atom. The first kappa shape index (κ1) is 19.4. The van der Waals surface area contributed by atoms with Gasteiger partial charge in [0.25, 0.3) is 0 Å². The number of guanidine groups is 1. The summed E-state index contributed by atoms with van der Waals surface area (Å²) in [6.07, 6.45) is 1.08. The van der Waals surface area contributed by atoms with Gasteiger partial charge in [-0.15, -0.1) is 0 Å². The van der Waals surface area contributed by atoms with Crippen molar-refractivity contribution >= 4 is 29.2 Å². The van der Waals surface area contributed by atoms with Gasteiger partial charge in [0.15, 0.2) is 5.96 Å². The lowest BCUT2D eigenvalue weighted by Crippen LogP contribution is -2.40. The van der Waals surface area contributed by atoms with Crippen molar-refractivity contribution in [2.75, 3.05) is 45.9 Å². The molecule has 2 heterocycles. The molecule has 24 heavy (non-hydrogen) atoms. The topological polar surface area (TPSA) is 53.8 Å². The number of morpholine rings is 1. The van der Waals surface area contributed by atoms with Crippen molar-refractivity contribution in [1.82, 2.24) is 20.1 Å². The molecule has 0 bridgehead atoms. The molecule has 0 spiro atoms. The highest BCUT2D eigenvalue weighted by atomic mass is 35.5. The third-order valence-corrected chi connectivity index (χ3v) is 4.85. The van der Waals surface area contributed by atoms with Crippen molar-refractivity contribution in [1.29, 1.82) is 0 Å². The van der Waals surface area contributed by atoms with Gasteiger partial charge in [0, 0.05) is 38.9 Å². The Kier molecular flexibility index (Phi) is 8.18. The van der Waals surface area contributed by atoms with Crippen molar-refractivity contribution in [2.45, 2.75) is 19.9 Å². The molecule has 6 nitrogen and oxygen atoms in total. The molecule has 1 aromatic rings. The summed E-state index contributed by atoms with van der Waals surface area (Å²) in [4.78, 5) is 7.04. The maximum atomic E-state index is 6.09. The molecule has 2 rings (SSSR count). The number of rotatable bonds is 7. The van der Waals surface area contributed by atoms with Gasteiger partial charge in [-0.2, -0.15) is 0 Å². The zero-order chi connectivity index (χ0) is 17.4. The van der Waals surface area contributed by atoms with Gasteiger partial charge < -0.3 is 19.9 Å². The summed E-state index contributed by atoms with van der Waals surface area (Å²) in [5, 5.41) is 7.75. The predicted molar refractivity (Wildman–Crippen MR) is 100 cm³/mol. The molecule has 2 N–H and O–H groups in total. The highest BCUT2D eigenvalue weighted by molar-refractivity contribution is 6.41. The second-order valence-corrected chi connectivity index (χ2v) is 6.53. The smallest absolute Gasteiger partial charge is 0.191 e. The molecule has 1 aliphatic heterocycles. The van der Waals surface area contributed by atoms with Crippen LogP contribution in [0.5, 0.6) is 0 Å². The number of aromatic nitrogens is 1. The van der Waals surface area contributed by atoms with E-state index in [1.807, 2.05) is 17.7 Å². The van der Waals surface area contributed by atoms with Crippen LogP contribution in [0, 0.1) is 0 Å². The summed E-state index contributed by atoms with van der Waals surface area (Å²) in [7, 11) is 1.89. The van der Waals surface area contributed by atoms with Crippen molar-refractivity contribution in [3.8, 4) is 0 Å². The van der Waals surface area contributed by atoms with Gasteiger partial charge in [-0.3, -0.25) is 4.90 Å². The number of hydrogen-bond acceptors (Lipinski definition) is 3. The van der Waals surface area contributed by atoms with Crippen LogP contribution in [0.3, 0.4) is 0 Å². The van der Waals surface area contributed by atoms with Gasteiger partial charge in [0.1, 0.15) is 5.15 Å². The van der Waals surface area contributed by atoms with E-state index in [1.165, 1.54) is 0 Å². The average Bonchev–Trinajstić information content (AvgIpc) is 2.84. The van der Waals surface area contributed by atoms with Crippen LogP contribution in [0.1, 0.15) is 19.0 Å². The first-order chi connectivity index (χ1) is 11.6. The fourth-order valence-electron chi connectivity index (χ4n) is 2.58. The highest BCUT2D eigenvalue weighted by Gasteiger charge is 2.10. The molecule has 0 amide bonds. The van der Waals surface area contributed by atoms with E-state index in [0.29, 0.717) is 16.7 Å². The summed E-state index contributed by atoms with van der Waals surface area (Å²) < 4.78 is 7.22. The van der Waals surface area contributed by atoms with E-state index in [9.17, 15) is 0 Å². The summed E-state index contributed by atoms with van der Waals surface area (Å²) >= 11 is 12.1. The molecule has 0 atom stereocenters. The average molecular weight is 376 g/mol. The summed E-state index contributed by atoms with van der Waals surface area (Å²) in [6, 6.07) is 1.86. The van der Waals surface area contributed by atoms with Crippen LogP contribution in [0.25, 0.3) is 0 Å². The highest BCUT2D eigenvalue weighted by Crippen LogP contribution is 2.25. The molecular weight excluding hydrogens is 349 g/mol. The van der Waals surface area contributed by atoms with E-state index in [-0.39, 0.29) is 0 Å². The van der Waals surface area contributed by atoms with Gasteiger partial charge in [-0.05, 0) is 26.0 Å².